The van der Waals surface area contributed by atoms with Gasteiger partial charge in [0.2, 0.25) is 5.95 Å². The normalized spacial score (nSPS) is 10.4. The van der Waals surface area contributed by atoms with Crippen molar-refractivity contribution in [2.24, 2.45) is 0 Å². The minimum absolute atomic E-state index is 0.402. The molecular formula is C18H18ClN5O. The van der Waals surface area contributed by atoms with Gasteiger partial charge in [-0.2, -0.15) is 10.1 Å². The van der Waals surface area contributed by atoms with Gasteiger partial charge in [0.15, 0.2) is 5.82 Å². The number of rotatable bonds is 5. The summed E-state index contributed by atoms with van der Waals surface area (Å²) in [6, 6.07) is 11.3. The van der Waals surface area contributed by atoms with Gasteiger partial charge in [0.05, 0.1) is 19.0 Å². The summed E-state index contributed by atoms with van der Waals surface area (Å²) in [7, 11) is 1.60. The lowest BCUT2D eigenvalue weighted by Gasteiger charge is -2.12. The van der Waals surface area contributed by atoms with Crippen LogP contribution in [0.25, 0.3) is 0 Å². The van der Waals surface area contributed by atoms with Gasteiger partial charge >= 0.3 is 0 Å². The van der Waals surface area contributed by atoms with Crippen LogP contribution in [0.15, 0.2) is 42.6 Å². The van der Waals surface area contributed by atoms with Crippen molar-refractivity contribution in [2.75, 3.05) is 17.7 Å². The number of ether oxygens (including phenoxy) is 1. The molecule has 0 fully saturated rings. The molecule has 6 nitrogen and oxygen atoms in total. The molecule has 0 aliphatic rings. The molecule has 7 heteroatoms. The Bertz CT molecular complexity index is 900. The van der Waals surface area contributed by atoms with Gasteiger partial charge in [-0.15, -0.1) is 5.10 Å². The van der Waals surface area contributed by atoms with Crippen molar-refractivity contribution in [3.8, 4) is 5.75 Å². The van der Waals surface area contributed by atoms with Gasteiger partial charge in [0.1, 0.15) is 5.75 Å². The fraction of sp³-hybridized carbons (Fsp3) is 0.167. The molecule has 0 unspecified atom stereocenters. The molecule has 3 rings (SSSR count). The molecule has 0 aliphatic carbocycles. The predicted octanol–water partition coefficient (Wildman–Crippen LogP) is 4.64. The number of nitrogens with zero attached hydrogens (tertiary/aromatic N) is 3. The van der Waals surface area contributed by atoms with Gasteiger partial charge in [0.25, 0.3) is 0 Å². The lowest BCUT2D eigenvalue weighted by atomic mass is 10.1. The van der Waals surface area contributed by atoms with E-state index in [0.717, 1.165) is 11.3 Å². The Labute approximate surface area is 151 Å². The average molecular weight is 356 g/mol. The van der Waals surface area contributed by atoms with Crippen LogP contribution in [0.1, 0.15) is 11.1 Å². The van der Waals surface area contributed by atoms with Crippen molar-refractivity contribution in [1.82, 2.24) is 15.2 Å². The van der Waals surface area contributed by atoms with Crippen LogP contribution in [0.2, 0.25) is 5.02 Å². The third kappa shape index (κ3) is 3.97. The van der Waals surface area contributed by atoms with E-state index in [1.807, 2.05) is 19.1 Å². The first kappa shape index (κ1) is 17.0. The molecule has 0 atom stereocenters. The summed E-state index contributed by atoms with van der Waals surface area (Å²) in [6.07, 6.45) is 1.54. The van der Waals surface area contributed by atoms with Crippen LogP contribution in [-0.4, -0.2) is 22.3 Å². The van der Waals surface area contributed by atoms with Crippen LogP contribution in [0.4, 0.5) is 23.1 Å². The Balaban J connectivity index is 1.85. The summed E-state index contributed by atoms with van der Waals surface area (Å²) in [6.45, 7) is 4.10. The Hall–Kier alpha value is -2.86. The zero-order chi connectivity index (χ0) is 17.8. The van der Waals surface area contributed by atoms with Crippen molar-refractivity contribution < 1.29 is 4.74 Å². The summed E-state index contributed by atoms with van der Waals surface area (Å²) >= 11 is 6.05. The molecule has 25 heavy (non-hydrogen) atoms. The maximum Gasteiger partial charge on any atom is 0.249 e. The molecule has 0 saturated heterocycles. The second kappa shape index (κ2) is 7.36. The average Bonchev–Trinajstić information content (AvgIpc) is 2.60. The number of benzene rings is 2. The van der Waals surface area contributed by atoms with Crippen LogP contribution in [0.3, 0.4) is 0 Å². The molecule has 0 radical (unpaired) electrons. The van der Waals surface area contributed by atoms with E-state index >= 15 is 0 Å². The first-order chi connectivity index (χ1) is 12.1. The van der Waals surface area contributed by atoms with Crippen molar-refractivity contribution in [2.45, 2.75) is 13.8 Å². The molecule has 0 saturated carbocycles. The van der Waals surface area contributed by atoms with Crippen molar-refractivity contribution in [1.29, 1.82) is 0 Å². The SMILES string of the molecule is COc1ccc(Cl)cc1Nc1cnnc(Nc2cccc(C)c2C)n1. The largest absolute Gasteiger partial charge is 0.495 e. The molecule has 2 N–H and O–H groups in total. The highest BCUT2D eigenvalue weighted by atomic mass is 35.5. The van der Waals surface area contributed by atoms with Crippen molar-refractivity contribution >= 4 is 34.7 Å². The summed E-state index contributed by atoms with van der Waals surface area (Å²) in [5.74, 6) is 1.59. The van der Waals surface area contributed by atoms with E-state index in [4.69, 9.17) is 16.3 Å². The van der Waals surface area contributed by atoms with Gasteiger partial charge in [-0.05, 0) is 49.2 Å². The number of hydrogen-bond acceptors (Lipinski definition) is 6. The van der Waals surface area contributed by atoms with Crippen LogP contribution >= 0.6 is 11.6 Å². The lowest BCUT2D eigenvalue weighted by Crippen LogP contribution is -2.04. The van der Waals surface area contributed by atoms with Gasteiger partial charge in [-0.3, -0.25) is 0 Å². The standard InChI is InChI=1S/C18H18ClN5O/c1-11-5-4-6-14(12(11)2)22-18-23-17(10-20-24-18)21-15-9-13(19)7-8-16(15)25-3/h4-10H,1-3H3,(H2,21,22,23,24). The summed E-state index contributed by atoms with van der Waals surface area (Å²) in [4.78, 5) is 4.44. The molecule has 0 aliphatic heterocycles. The predicted molar refractivity (Wildman–Crippen MR) is 100 cm³/mol. The highest BCUT2D eigenvalue weighted by Crippen LogP contribution is 2.30. The van der Waals surface area contributed by atoms with Crippen LogP contribution in [0, 0.1) is 13.8 Å². The highest BCUT2D eigenvalue weighted by molar-refractivity contribution is 6.31. The van der Waals surface area contributed by atoms with Crippen LogP contribution in [0.5, 0.6) is 5.75 Å². The zero-order valence-corrected chi connectivity index (χ0v) is 14.9. The first-order valence-electron chi connectivity index (χ1n) is 7.70. The number of methoxy groups -OCH3 is 1. The summed E-state index contributed by atoms with van der Waals surface area (Å²) < 4.78 is 5.33. The maximum absolute atomic E-state index is 6.05. The minimum Gasteiger partial charge on any atom is -0.495 e. The van der Waals surface area contributed by atoms with E-state index in [2.05, 4.69) is 38.8 Å². The van der Waals surface area contributed by atoms with Gasteiger partial charge < -0.3 is 15.4 Å². The monoisotopic (exact) mass is 355 g/mol. The van der Waals surface area contributed by atoms with Gasteiger partial charge in [-0.1, -0.05) is 23.7 Å². The second-order valence-electron chi connectivity index (χ2n) is 5.51. The van der Waals surface area contributed by atoms with E-state index in [1.54, 1.807) is 25.3 Å². The number of nitrogens with one attached hydrogen (secondary N) is 2. The second-order valence-corrected chi connectivity index (χ2v) is 5.94. The summed E-state index contributed by atoms with van der Waals surface area (Å²) in [5, 5.41) is 15.0. The van der Waals surface area contributed by atoms with E-state index in [9.17, 15) is 0 Å². The molecule has 1 heterocycles. The molecular weight excluding hydrogens is 338 g/mol. The van der Waals surface area contributed by atoms with E-state index < -0.39 is 0 Å². The molecule has 3 aromatic rings. The third-order valence-electron chi connectivity index (χ3n) is 3.83. The van der Waals surface area contributed by atoms with Crippen LogP contribution < -0.4 is 15.4 Å². The first-order valence-corrected chi connectivity index (χ1v) is 8.08. The zero-order valence-electron chi connectivity index (χ0n) is 14.2. The minimum atomic E-state index is 0.402. The molecule has 0 bridgehead atoms. The number of anilines is 4. The smallest absolute Gasteiger partial charge is 0.249 e. The number of hydrogen-bond donors (Lipinski definition) is 2. The molecule has 1 aromatic heterocycles. The molecule has 128 valence electrons. The third-order valence-corrected chi connectivity index (χ3v) is 4.07. The Morgan fingerprint density at radius 3 is 2.68 bits per heavy atom. The fourth-order valence-corrected chi connectivity index (χ4v) is 2.51. The van der Waals surface area contributed by atoms with E-state index in [-0.39, 0.29) is 0 Å². The Morgan fingerprint density at radius 1 is 1.04 bits per heavy atom. The Kier molecular flexibility index (Phi) is 5.00. The van der Waals surface area contributed by atoms with Gasteiger partial charge in [-0.25, -0.2) is 0 Å². The molecule has 0 amide bonds. The lowest BCUT2D eigenvalue weighted by molar-refractivity contribution is 0.417. The van der Waals surface area contributed by atoms with Crippen LogP contribution in [-0.2, 0) is 0 Å². The number of aryl methyl sites for hydroxylation is 1. The van der Waals surface area contributed by atoms with Gasteiger partial charge in [0, 0.05) is 10.7 Å². The number of halogens is 1. The maximum atomic E-state index is 6.05. The van der Waals surface area contributed by atoms with Crippen molar-refractivity contribution in [3.63, 3.8) is 0 Å². The van der Waals surface area contributed by atoms with E-state index in [1.165, 1.54) is 11.8 Å². The summed E-state index contributed by atoms with van der Waals surface area (Å²) in [5.41, 5.74) is 3.98. The number of aromatic nitrogens is 3. The highest BCUT2D eigenvalue weighted by Gasteiger charge is 2.08. The molecule has 2 aromatic carbocycles. The van der Waals surface area contributed by atoms with E-state index in [0.29, 0.717) is 28.2 Å². The topological polar surface area (TPSA) is 72.0 Å². The molecule has 0 spiro atoms. The Morgan fingerprint density at radius 2 is 1.88 bits per heavy atom. The quantitative estimate of drug-likeness (QED) is 0.694. The fourth-order valence-electron chi connectivity index (χ4n) is 2.34. The van der Waals surface area contributed by atoms with Crippen molar-refractivity contribution in [3.05, 3.63) is 58.7 Å².